The maximum absolute atomic E-state index is 12.8. The highest BCUT2D eigenvalue weighted by Gasteiger charge is 2.31. The van der Waals surface area contributed by atoms with E-state index in [1.165, 1.54) is 30.9 Å². The molecule has 8 heteroatoms. The van der Waals surface area contributed by atoms with E-state index < -0.39 is 11.7 Å². The van der Waals surface area contributed by atoms with Gasteiger partial charge in [-0.2, -0.15) is 13.2 Å². The first-order chi connectivity index (χ1) is 15.9. The minimum atomic E-state index is -4.39. The summed E-state index contributed by atoms with van der Waals surface area (Å²) < 4.78 is 38.2. The highest BCUT2D eigenvalue weighted by molar-refractivity contribution is 5.79. The van der Waals surface area contributed by atoms with Gasteiger partial charge in [-0.3, -0.25) is 9.69 Å². The molecular formula is C25H31F3N4O. The second kappa shape index (κ2) is 10.5. The van der Waals surface area contributed by atoms with Crippen molar-refractivity contribution < 1.29 is 18.0 Å². The number of hydrogen-bond acceptors (Lipinski definition) is 4. The number of hydrogen-bond donors (Lipinski definition) is 1. The number of amides is 1. The molecule has 0 unspecified atom stereocenters. The zero-order valence-electron chi connectivity index (χ0n) is 18.8. The quantitative estimate of drug-likeness (QED) is 0.684. The summed E-state index contributed by atoms with van der Waals surface area (Å²) in [4.78, 5) is 21.2. The van der Waals surface area contributed by atoms with Gasteiger partial charge in [-0.05, 0) is 62.0 Å². The molecule has 2 fully saturated rings. The first kappa shape index (κ1) is 23.5. The molecule has 5 nitrogen and oxygen atoms in total. The fourth-order valence-electron chi connectivity index (χ4n) is 4.68. The van der Waals surface area contributed by atoms with E-state index in [1.54, 1.807) is 0 Å². The van der Waals surface area contributed by atoms with Crippen LogP contribution in [0.25, 0.3) is 0 Å². The molecule has 1 aromatic carbocycles. The van der Waals surface area contributed by atoms with Crippen molar-refractivity contribution in [2.24, 2.45) is 5.92 Å². The monoisotopic (exact) mass is 460 g/mol. The summed E-state index contributed by atoms with van der Waals surface area (Å²) in [6.07, 6.45) is 1.60. The Balaban J connectivity index is 1.27. The Morgan fingerprint density at radius 3 is 2.30 bits per heavy atom. The standard InChI is InChI=1S/C25H31F3N4O/c26-25(27,28)22-8-9-23(29-17-22)32-14-10-19(11-15-32)24(33)30-16-20-6-2-3-7-21(20)18-31-12-4-1-5-13-31/h2-3,6-9,17,19H,1,4-5,10-16,18H2,(H,30,33). The van der Waals surface area contributed by atoms with Crippen LogP contribution in [0.5, 0.6) is 0 Å². The van der Waals surface area contributed by atoms with Gasteiger partial charge >= 0.3 is 6.18 Å². The van der Waals surface area contributed by atoms with E-state index in [0.717, 1.165) is 37.5 Å². The van der Waals surface area contributed by atoms with Crippen molar-refractivity contribution in [1.29, 1.82) is 0 Å². The third kappa shape index (κ3) is 6.25. The number of carbonyl (C=O) groups excluding carboxylic acids is 1. The molecule has 1 aromatic heterocycles. The van der Waals surface area contributed by atoms with E-state index in [-0.39, 0.29) is 11.8 Å². The number of nitrogens with one attached hydrogen (secondary N) is 1. The number of piperidine rings is 2. The topological polar surface area (TPSA) is 48.5 Å². The number of halogens is 3. The molecular weight excluding hydrogens is 429 g/mol. The summed E-state index contributed by atoms with van der Waals surface area (Å²) in [6, 6.07) is 10.8. The Labute approximate surface area is 193 Å². The first-order valence-corrected chi connectivity index (χ1v) is 11.8. The second-order valence-corrected chi connectivity index (χ2v) is 8.99. The number of nitrogens with zero attached hydrogens (tertiary/aromatic N) is 3. The van der Waals surface area contributed by atoms with Gasteiger partial charge in [-0.15, -0.1) is 0 Å². The van der Waals surface area contributed by atoms with Gasteiger partial charge in [0, 0.05) is 38.3 Å². The average molecular weight is 461 g/mol. The molecule has 2 aliphatic heterocycles. The highest BCUT2D eigenvalue weighted by atomic mass is 19.4. The van der Waals surface area contributed by atoms with Crippen molar-refractivity contribution in [2.75, 3.05) is 31.1 Å². The molecule has 0 radical (unpaired) electrons. The van der Waals surface area contributed by atoms with Gasteiger partial charge in [0.2, 0.25) is 5.91 Å². The predicted octanol–water partition coefficient (Wildman–Crippen LogP) is 4.62. The van der Waals surface area contributed by atoms with Crippen molar-refractivity contribution in [3.63, 3.8) is 0 Å². The number of alkyl halides is 3. The molecule has 178 valence electrons. The fraction of sp³-hybridized carbons (Fsp3) is 0.520. The van der Waals surface area contributed by atoms with Crippen LogP contribution in [0.15, 0.2) is 42.6 Å². The third-order valence-corrected chi connectivity index (χ3v) is 6.68. The van der Waals surface area contributed by atoms with Gasteiger partial charge in [0.05, 0.1) is 5.56 Å². The highest BCUT2D eigenvalue weighted by Crippen LogP contribution is 2.30. The molecule has 0 aliphatic carbocycles. The van der Waals surface area contributed by atoms with Gasteiger partial charge in [-0.25, -0.2) is 4.98 Å². The number of pyridine rings is 1. The summed E-state index contributed by atoms with van der Waals surface area (Å²) in [5, 5.41) is 3.11. The Morgan fingerprint density at radius 2 is 1.67 bits per heavy atom. The van der Waals surface area contributed by atoms with Crippen LogP contribution in [-0.2, 0) is 24.1 Å². The van der Waals surface area contributed by atoms with Crippen LogP contribution in [0.2, 0.25) is 0 Å². The SMILES string of the molecule is O=C(NCc1ccccc1CN1CCCCC1)C1CCN(c2ccc(C(F)(F)F)cn2)CC1. The largest absolute Gasteiger partial charge is 0.417 e. The van der Waals surface area contributed by atoms with Crippen LogP contribution in [0.4, 0.5) is 19.0 Å². The fourth-order valence-corrected chi connectivity index (χ4v) is 4.68. The smallest absolute Gasteiger partial charge is 0.357 e. The normalized spacial score (nSPS) is 18.3. The molecule has 2 aliphatic rings. The van der Waals surface area contributed by atoms with Gasteiger partial charge in [0.1, 0.15) is 5.82 Å². The summed E-state index contributed by atoms with van der Waals surface area (Å²) in [5.74, 6) is 0.473. The number of carbonyl (C=O) groups is 1. The third-order valence-electron chi connectivity index (χ3n) is 6.68. The molecule has 0 atom stereocenters. The lowest BCUT2D eigenvalue weighted by molar-refractivity contribution is -0.137. The molecule has 2 aromatic rings. The van der Waals surface area contributed by atoms with Gasteiger partial charge in [0.15, 0.2) is 0 Å². The summed E-state index contributed by atoms with van der Waals surface area (Å²) >= 11 is 0. The molecule has 1 amide bonds. The van der Waals surface area contributed by atoms with Crippen LogP contribution in [0.1, 0.15) is 48.8 Å². The van der Waals surface area contributed by atoms with Crippen LogP contribution in [0.3, 0.4) is 0 Å². The lowest BCUT2D eigenvalue weighted by Crippen LogP contribution is -2.40. The van der Waals surface area contributed by atoms with Crippen molar-refractivity contribution in [3.05, 3.63) is 59.3 Å². The Kier molecular flexibility index (Phi) is 7.53. The van der Waals surface area contributed by atoms with E-state index in [4.69, 9.17) is 0 Å². The minimum absolute atomic E-state index is 0.0443. The van der Waals surface area contributed by atoms with Crippen LogP contribution >= 0.6 is 0 Å². The van der Waals surface area contributed by atoms with Gasteiger partial charge in [-0.1, -0.05) is 30.7 Å². The molecule has 0 saturated carbocycles. The number of likely N-dealkylation sites (tertiary alicyclic amines) is 1. The van der Waals surface area contributed by atoms with E-state index in [2.05, 4.69) is 33.4 Å². The zero-order chi connectivity index (χ0) is 23.3. The predicted molar refractivity (Wildman–Crippen MR) is 122 cm³/mol. The zero-order valence-corrected chi connectivity index (χ0v) is 18.8. The summed E-state index contributed by atoms with van der Waals surface area (Å²) in [5.41, 5.74) is 1.67. The van der Waals surface area contributed by atoms with Crippen LogP contribution < -0.4 is 10.2 Å². The maximum Gasteiger partial charge on any atom is 0.417 e. The van der Waals surface area contributed by atoms with Crippen molar-refractivity contribution in [3.8, 4) is 0 Å². The molecule has 33 heavy (non-hydrogen) atoms. The van der Waals surface area contributed by atoms with Crippen molar-refractivity contribution in [2.45, 2.75) is 51.4 Å². The first-order valence-electron chi connectivity index (χ1n) is 11.8. The van der Waals surface area contributed by atoms with E-state index in [0.29, 0.717) is 38.3 Å². The number of anilines is 1. The van der Waals surface area contributed by atoms with E-state index >= 15 is 0 Å². The lowest BCUT2D eigenvalue weighted by Gasteiger charge is -2.32. The minimum Gasteiger partial charge on any atom is -0.357 e. The molecule has 4 rings (SSSR count). The van der Waals surface area contributed by atoms with Crippen molar-refractivity contribution >= 4 is 11.7 Å². The summed E-state index contributed by atoms with van der Waals surface area (Å²) in [7, 11) is 0. The number of benzene rings is 1. The number of aromatic nitrogens is 1. The van der Waals surface area contributed by atoms with Gasteiger partial charge < -0.3 is 10.2 Å². The Bertz CT molecular complexity index is 918. The van der Waals surface area contributed by atoms with Crippen molar-refractivity contribution in [1.82, 2.24) is 15.2 Å². The van der Waals surface area contributed by atoms with Crippen LogP contribution in [0, 0.1) is 5.92 Å². The molecule has 2 saturated heterocycles. The average Bonchev–Trinajstić information content (AvgIpc) is 2.84. The second-order valence-electron chi connectivity index (χ2n) is 8.99. The Hall–Kier alpha value is -2.61. The summed E-state index contributed by atoms with van der Waals surface area (Å²) in [6.45, 7) is 4.90. The van der Waals surface area contributed by atoms with E-state index in [9.17, 15) is 18.0 Å². The Morgan fingerprint density at radius 1 is 0.970 bits per heavy atom. The van der Waals surface area contributed by atoms with E-state index in [1.807, 2.05) is 11.0 Å². The maximum atomic E-state index is 12.8. The molecule has 0 bridgehead atoms. The van der Waals surface area contributed by atoms with Gasteiger partial charge in [0.25, 0.3) is 0 Å². The molecule has 0 spiro atoms. The van der Waals surface area contributed by atoms with Crippen LogP contribution in [-0.4, -0.2) is 42.0 Å². The lowest BCUT2D eigenvalue weighted by atomic mass is 9.95. The molecule has 3 heterocycles. The number of rotatable bonds is 6. The molecule has 1 N–H and O–H groups in total.